The Morgan fingerprint density at radius 1 is 1.25 bits per heavy atom. The first kappa shape index (κ1) is 16.7. The Bertz CT molecular complexity index is 628. The van der Waals surface area contributed by atoms with E-state index < -0.39 is 24.3 Å². The average Bonchev–Trinajstić information content (AvgIpc) is 2.34. The molecule has 0 aromatic heterocycles. The van der Waals surface area contributed by atoms with E-state index in [-0.39, 0.29) is 4.90 Å². The van der Waals surface area contributed by atoms with Crippen molar-refractivity contribution in [3.05, 3.63) is 42.5 Å². The number of aryl methyl sites for hydroxylation is 1. The minimum Gasteiger partial charge on any atom is -0.246 e. The summed E-state index contributed by atoms with van der Waals surface area (Å²) in [6.45, 7) is 11.7. The largest absolute Gasteiger partial charge is 0.298 e. The highest BCUT2D eigenvalue weighted by Gasteiger charge is 2.19. The molecule has 0 spiro atoms. The molecule has 3 nitrogen and oxygen atoms in total. The van der Waals surface area contributed by atoms with Crippen LogP contribution in [-0.4, -0.2) is 22.6 Å². The van der Waals surface area contributed by atoms with Gasteiger partial charge in [0.15, 0.2) is 6.10 Å². The average molecular weight is 308 g/mol. The standard InChI is InChI=1S/C15H20O3SSi/c1-6-14(11-12-20(3,4)5)18-19(16,17)15-9-7-13(2)8-10-15/h6-10,14H,1H2,2-5H3. The SMILES string of the molecule is C=CC(C#C[Si](C)(C)C)OS(=O)(=O)c1ccc(C)cc1. The van der Waals surface area contributed by atoms with E-state index >= 15 is 0 Å². The van der Waals surface area contributed by atoms with Crippen molar-refractivity contribution in [3.63, 3.8) is 0 Å². The summed E-state index contributed by atoms with van der Waals surface area (Å²) in [6.07, 6.45) is 0.590. The Labute approximate surface area is 122 Å². The molecule has 5 heteroatoms. The molecule has 0 fully saturated rings. The lowest BCUT2D eigenvalue weighted by Crippen LogP contribution is -2.20. The summed E-state index contributed by atoms with van der Waals surface area (Å²) < 4.78 is 29.3. The predicted molar refractivity (Wildman–Crippen MR) is 84.6 cm³/mol. The molecule has 1 unspecified atom stereocenters. The Morgan fingerprint density at radius 2 is 1.80 bits per heavy atom. The fourth-order valence-electron chi connectivity index (χ4n) is 1.31. The third-order valence-corrected chi connectivity index (χ3v) is 4.55. The van der Waals surface area contributed by atoms with Crippen LogP contribution in [0.2, 0.25) is 19.6 Å². The first-order chi connectivity index (χ1) is 9.14. The molecule has 0 aliphatic carbocycles. The topological polar surface area (TPSA) is 43.4 Å². The van der Waals surface area contributed by atoms with Crippen molar-refractivity contribution in [1.82, 2.24) is 0 Å². The molecule has 0 amide bonds. The molecule has 20 heavy (non-hydrogen) atoms. The zero-order valence-corrected chi connectivity index (χ0v) is 14.1. The van der Waals surface area contributed by atoms with Crippen molar-refractivity contribution >= 4 is 18.2 Å². The minimum absolute atomic E-state index is 0.129. The van der Waals surface area contributed by atoms with E-state index in [1.165, 1.54) is 18.2 Å². The Hall–Kier alpha value is -1.35. The maximum Gasteiger partial charge on any atom is 0.298 e. The quantitative estimate of drug-likeness (QED) is 0.371. The van der Waals surface area contributed by atoms with Crippen LogP contribution in [0.15, 0.2) is 41.8 Å². The molecule has 0 heterocycles. The highest BCUT2D eigenvalue weighted by molar-refractivity contribution is 7.86. The highest BCUT2D eigenvalue weighted by Crippen LogP contribution is 2.15. The maximum atomic E-state index is 12.1. The van der Waals surface area contributed by atoms with Crippen LogP contribution in [0.5, 0.6) is 0 Å². The van der Waals surface area contributed by atoms with Gasteiger partial charge in [-0.2, -0.15) is 8.42 Å². The van der Waals surface area contributed by atoms with Gasteiger partial charge in [0.05, 0.1) is 4.90 Å². The lowest BCUT2D eigenvalue weighted by atomic mass is 10.2. The predicted octanol–water partition coefficient (Wildman–Crippen LogP) is 3.14. The van der Waals surface area contributed by atoms with Crippen LogP contribution in [0.3, 0.4) is 0 Å². The molecule has 0 saturated carbocycles. The molecule has 0 aliphatic rings. The third kappa shape index (κ3) is 5.33. The van der Waals surface area contributed by atoms with Crippen LogP contribution in [0.25, 0.3) is 0 Å². The number of rotatable bonds is 4. The van der Waals surface area contributed by atoms with E-state index in [4.69, 9.17) is 4.18 Å². The summed E-state index contributed by atoms with van der Waals surface area (Å²) in [7, 11) is -5.40. The Balaban J connectivity index is 2.96. The second kappa shape index (κ2) is 6.40. The second-order valence-electron chi connectivity index (χ2n) is 5.54. The van der Waals surface area contributed by atoms with Gasteiger partial charge in [0.1, 0.15) is 8.07 Å². The summed E-state index contributed by atoms with van der Waals surface area (Å²) in [4.78, 5) is 0.129. The molecule has 0 bridgehead atoms. The van der Waals surface area contributed by atoms with E-state index in [1.54, 1.807) is 12.1 Å². The summed E-state index contributed by atoms with van der Waals surface area (Å²) >= 11 is 0. The van der Waals surface area contributed by atoms with E-state index in [1.807, 2.05) is 6.92 Å². The van der Waals surface area contributed by atoms with Gasteiger partial charge in [-0.15, -0.1) is 5.54 Å². The van der Waals surface area contributed by atoms with Gasteiger partial charge in [0, 0.05) is 0 Å². The molecule has 1 rings (SSSR count). The lowest BCUT2D eigenvalue weighted by Gasteiger charge is -2.10. The number of benzene rings is 1. The molecule has 0 aliphatic heterocycles. The first-order valence-corrected chi connectivity index (χ1v) is 11.2. The fraction of sp³-hybridized carbons (Fsp3) is 0.333. The normalized spacial score (nSPS) is 13.2. The van der Waals surface area contributed by atoms with Gasteiger partial charge >= 0.3 is 0 Å². The number of hydrogen-bond donors (Lipinski definition) is 0. The first-order valence-electron chi connectivity index (χ1n) is 6.29. The Kier molecular flexibility index (Phi) is 5.34. The third-order valence-electron chi connectivity index (χ3n) is 2.34. The van der Waals surface area contributed by atoms with Gasteiger partial charge in [-0.3, -0.25) is 0 Å². The molecule has 0 N–H and O–H groups in total. The van der Waals surface area contributed by atoms with Crippen molar-refractivity contribution in [3.8, 4) is 11.5 Å². The molecule has 108 valence electrons. The van der Waals surface area contributed by atoms with E-state index in [0.717, 1.165) is 5.56 Å². The molecule has 1 atom stereocenters. The monoisotopic (exact) mass is 308 g/mol. The van der Waals surface area contributed by atoms with Crippen LogP contribution < -0.4 is 0 Å². The minimum atomic E-state index is -3.81. The van der Waals surface area contributed by atoms with Gasteiger partial charge in [0.25, 0.3) is 10.1 Å². The molecular weight excluding hydrogens is 288 g/mol. The van der Waals surface area contributed by atoms with Crippen molar-refractivity contribution in [1.29, 1.82) is 0 Å². The van der Waals surface area contributed by atoms with Gasteiger partial charge in [-0.05, 0) is 25.1 Å². The molecule has 0 saturated heterocycles. The summed E-state index contributed by atoms with van der Waals surface area (Å²) in [5.41, 5.74) is 4.07. The molecule has 1 aromatic carbocycles. The van der Waals surface area contributed by atoms with Gasteiger partial charge in [0.2, 0.25) is 0 Å². The van der Waals surface area contributed by atoms with E-state index in [9.17, 15) is 8.42 Å². The number of hydrogen-bond acceptors (Lipinski definition) is 3. The van der Waals surface area contributed by atoms with Crippen LogP contribution >= 0.6 is 0 Å². The Morgan fingerprint density at radius 3 is 2.25 bits per heavy atom. The van der Waals surface area contributed by atoms with Gasteiger partial charge in [-0.25, -0.2) is 4.18 Å². The van der Waals surface area contributed by atoms with Crippen LogP contribution in [-0.2, 0) is 14.3 Å². The summed E-state index contributed by atoms with van der Waals surface area (Å²) in [5, 5.41) is 0. The summed E-state index contributed by atoms with van der Waals surface area (Å²) in [6, 6.07) is 6.51. The maximum absolute atomic E-state index is 12.1. The fourth-order valence-corrected chi connectivity index (χ4v) is 2.86. The van der Waals surface area contributed by atoms with Crippen molar-refractivity contribution < 1.29 is 12.6 Å². The summed E-state index contributed by atoms with van der Waals surface area (Å²) in [5.74, 6) is 2.84. The van der Waals surface area contributed by atoms with E-state index in [0.29, 0.717) is 0 Å². The smallest absolute Gasteiger partial charge is 0.246 e. The van der Waals surface area contributed by atoms with Crippen LogP contribution in [0, 0.1) is 18.4 Å². The second-order valence-corrected chi connectivity index (χ2v) is 11.9. The van der Waals surface area contributed by atoms with Crippen LogP contribution in [0.1, 0.15) is 5.56 Å². The van der Waals surface area contributed by atoms with Crippen molar-refractivity contribution in [2.45, 2.75) is 37.6 Å². The lowest BCUT2D eigenvalue weighted by molar-refractivity contribution is 0.307. The zero-order valence-electron chi connectivity index (χ0n) is 12.3. The zero-order chi connectivity index (χ0) is 15.4. The van der Waals surface area contributed by atoms with Crippen molar-refractivity contribution in [2.75, 3.05) is 0 Å². The molecular formula is C15H20O3SSi. The highest BCUT2D eigenvalue weighted by atomic mass is 32.2. The van der Waals surface area contributed by atoms with Gasteiger partial charge in [-0.1, -0.05) is 49.8 Å². The molecule has 0 radical (unpaired) electrons. The van der Waals surface area contributed by atoms with E-state index in [2.05, 4.69) is 37.7 Å². The van der Waals surface area contributed by atoms with Crippen molar-refractivity contribution in [2.24, 2.45) is 0 Å². The van der Waals surface area contributed by atoms with Crippen LogP contribution in [0.4, 0.5) is 0 Å². The van der Waals surface area contributed by atoms with Gasteiger partial charge < -0.3 is 0 Å². The molecule has 1 aromatic rings.